The number of carbonyl (C=O) groups is 2. The van der Waals surface area contributed by atoms with Crippen molar-refractivity contribution in [2.45, 2.75) is 39.5 Å². The summed E-state index contributed by atoms with van der Waals surface area (Å²) in [5, 5.41) is 2.98. The van der Waals surface area contributed by atoms with Crippen LogP contribution in [0.4, 0.5) is 5.69 Å². The fourth-order valence-electron chi connectivity index (χ4n) is 5.09. The van der Waals surface area contributed by atoms with Gasteiger partial charge in [0.2, 0.25) is 0 Å². The summed E-state index contributed by atoms with van der Waals surface area (Å²) in [4.78, 5) is 32.0. The number of nitrogens with one attached hydrogen (secondary N) is 1. The molecule has 0 bridgehead atoms. The average molecular weight is 447 g/mol. The van der Waals surface area contributed by atoms with E-state index in [1.54, 1.807) is 26.4 Å². The van der Waals surface area contributed by atoms with Crippen molar-refractivity contribution < 1.29 is 19.1 Å². The van der Waals surface area contributed by atoms with Gasteiger partial charge in [-0.2, -0.15) is 0 Å². The fraction of sp³-hybridized carbons (Fsp3) is 0.370. The number of ether oxygens (including phenoxy) is 2. The van der Waals surface area contributed by atoms with Crippen molar-refractivity contribution in [2.24, 2.45) is 16.3 Å². The second-order valence-corrected chi connectivity index (χ2v) is 9.44. The summed E-state index contributed by atoms with van der Waals surface area (Å²) in [5.41, 5.74) is 3.17. The molecule has 2 aromatic rings. The highest BCUT2D eigenvalue weighted by Crippen LogP contribution is 2.48. The Labute approximate surface area is 194 Å². The normalized spacial score (nSPS) is 21.7. The summed E-state index contributed by atoms with van der Waals surface area (Å²) in [7, 11) is 3.17. The summed E-state index contributed by atoms with van der Waals surface area (Å²) < 4.78 is 11.0. The van der Waals surface area contributed by atoms with Gasteiger partial charge in [0.1, 0.15) is 17.3 Å². The quantitative estimate of drug-likeness (QED) is 0.688. The lowest BCUT2D eigenvalue weighted by Crippen LogP contribution is -2.44. The Hall–Kier alpha value is -3.41. The molecule has 6 nitrogen and oxygen atoms in total. The standard InChI is InChI=1S/C27H30N2O4/c1-16-23(26(31)29-18-11-7-9-13-22(18)33-5)24(17-10-6-8-12-21(17)32-4)25-19(28-16)14-27(2,3)15-20(25)30/h6-13,24-25H,14-15H2,1-5H3,(H,29,31)/t24-,25+/m0/s1. The van der Waals surface area contributed by atoms with Crippen LogP contribution >= 0.6 is 0 Å². The Morgan fingerprint density at radius 2 is 1.61 bits per heavy atom. The maximum atomic E-state index is 13.7. The van der Waals surface area contributed by atoms with E-state index in [4.69, 9.17) is 14.5 Å². The smallest absolute Gasteiger partial charge is 0.254 e. The van der Waals surface area contributed by atoms with E-state index in [1.165, 1.54) is 0 Å². The first-order valence-electron chi connectivity index (χ1n) is 11.1. The molecule has 172 valence electrons. The Morgan fingerprint density at radius 1 is 0.970 bits per heavy atom. The molecule has 1 heterocycles. The Kier molecular flexibility index (Phi) is 6.11. The number of methoxy groups -OCH3 is 2. The van der Waals surface area contributed by atoms with Gasteiger partial charge in [-0.05, 0) is 37.0 Å². The van der Waals surface area contributed by atoms with Gasteiger partial charge in [0.15, 0.2) is 0 Å². The fourth-order valence-corrected chi connectivity index (χ4v) is 5.09. The first-order chi connectivity index (χ1) is 15.8. The molecule has 33 heavy (non-hydrogen) atoms. The third kappa shape index (κ3) is 4.30. The molecule has 0 radical (unpaired) electrons. The number of fused-ring (bicyclic) bond motifs is 1. The number of carbonyl (C=O) groups excluding carboxylic acids is 2. The van der Waals surface area contributed by atoms with Gasteiger partial charge in [-0.1, -0.05) is 44.2 Å². The van der Waals surface area contributed by atoms with Gasteiger partial charge in [-0.25, -0.2) is 0 Å². The molecule has 1 saturated carbocycles. The Bertz CT molecular complexity index is 1160. The second-order valence-electron chi connectivity index (χ2n) is 9.44. The van der Waals surface area contributed by atoms with Crippen molar-refractivity contribution in [1.82, 2.24) is 0 Å². The molecule has 6 heteroatoms. The van der Waals surface area contributed by atoms with E-state index in [9.17, 15) is 9.59 Å². The maximum absolute atomic E-state index is 13.7. The largest absolute Gasteiger partial charge is 0.496 e. The first kappa shape index (κ1) is 22.8. The SMILES string of the molecule is COc1ccccc1NC(=O)C1=C(C)N=C2CC(C)(C)CC(=O)[C@@H]2[C@H]1c1ccccc1OC. The monoisotopic (exact) mass is 446 g/mol. The van der Waals surface area contributed by atoms with E-state index in [-0.39, 0.29) is 17.1 Å². The minimum absolute atomic E-state index is 0.107. The average Bonchev–Trinajstić information content (AvgIpc) is 2.77. The molecule has 0 saturated heterocycles. The summed E-state index contributed by atoms with van der Waals surface area (Å²) >= 11 is 0. The number of hydrogen-bond donors (Lipinski definition) is 1. The van der Waals surface area contributed by atoms with Gasteiger partial charge < -0.3 is 14.8 Å². The van der Waals surface area contributed by atoms with Crippen LogP contribution in [-0.4, -0.2) is 31.6 Å². The zero-order valence-corrected chi connectivity index (χ0v) is 19.8. The number of allylic oxidation sites excluding steroid dienone is 1. The number of hydrogen-bond acceptors (Lipinski definition) is 5. The van der Waals surface area contributed by atoms with E-state index in [0.29, 0.717) is 41.3 Å². The minimum Gasteiger partial charge on any atom is -0.496 e. The van der Waals surface area contributed by atoms with Crippen LogP contribution < -0.4 is 14.8 Å². The number of amides is 1. The minimum atomic E-state index is -0.489. The van der Waals surface area contributed by atoms with Crippen LogP contribution in [0.5, 0.6) is 11.5 Å². The summed E-state index contributed by atoms with van der Waals surface area (Å²) in [6.45, 7) is 6.02. The van der Waals surface area contributed by atoms with Gasteiger partial charge in [-0.3, -0.25) is 14.6 Å². The van der Waals surface area contributed by atoms with Crippen LogP contribution in [0.15, 0.2) is 64.8 Å². The van der Waals surface area contributed by atoms with E-state index in [2.05, 4.69) is 19.2 Å². The molecule has 4 rings (SSSR count). The lowest BCUT2D eigenvalue weighted by atomic mass is 9.63. The molecule has 1 aliphatic heterocycles. The molecule has 0 aromatic heterocycles. The number of nitrogens with zero attached hydrogens (tertiary/aromatic N) is 1. The maximum Gasteiger partial charge on any atom is 0.254 e. The molecule has 0 unspecified atom stereocenters. The first-order valence-corrected chi connectivity index (χ1v) is 11.1. The molecule has 1 aliphatic carbocycles. The van der Waals surface area contributed by atoms with Crippen molar-refractivity contribution >= 4 is 23.1 Å². The highest BCUT2D eigenvalue weighted by atomic mass is 16.5. The number of anilines is 1. The molecule has 2 atom stereocenters. The molecule has 1 amide bonds. The number of ketones is 1. The van der Waals surface area contributed by atoms with Crippen LogP contribution in [0, 0.1) is 11.3 Å². The van der Waals surface area contributed by atoms with E-state index >= 15 is 0 Å². The van der Waals surface area contributed by atoms with Gasteiger partial charge in [0, 0.05) is 34.9 Å². The summed E-state index contributed by atoms with van der Waals surface area (Å²) in [6, 6.07) is 14.8. The second kappa shape index (κ2) is 8.85. The summed E-state index contributed by atoms with van der Waals surface area (Å²) in [5.74, 6) is 0.0537. The predicted molar refractivity (Wildman–Crippen MR) is 129 cm³/mol. The zero-order chi connectivity index (χ0) is 23.8. The van der Waals surface area contributed by atoms with Crippen LogP contribution in [0.3, 0.4) is 0 Å². The van der Waals surface area contributed by atoms with Crippen molar-refractivity contribution in [3.63, 3.8) is 0 Å². The number of Topliss-reactive ketones (excluding diaryl/α,β-unsaturated/α-hetero) is 1. The number of para-hydroxylation sites is 3. The van der Waals surface area contributed by atoms with Crippen molar-refractivity contribution in [2.75, 3.05) is 19.5 Å². The van der Waals surface area contributed by atoms with Gasteiger partial charge >= 0.3 is 0 Å². The van der Waals surface area contributed by atoms with Crippen molar-refractivity contribution in [3.05, 3.63) is 65.4 Å². The lowest BCUT2D eigenvalue weighted by Gasteiger charge is -2.41. The third-order valence-corrected chi connectivity index (χ3v) is 6.44. The van der Waals surface area contributed by atoms with E-state index in [1.807, 2.05) is 43.3 Å². The van der Waals surface area contributed by atoms with E-state index < -0.39 is 11.8 Å². The summed E-state index contributed by atoms with van der Waals surface area (Å²) in [6.07, 6.45) is 1.16. The number of aliphatic imine (C=N–C) groups is 1. The van der Waals surface area contributed by atoms with Gasteiger partial charge in [0.05, 0.1) is 25.8 Å². The topological polar surface area (TPSA) is 77.0 Å². The lowest BCUT2D eigenvalue weighted by molar-refractivity contribution is -0.124. The van der Waals surface area contributed by atoms with Crippen LogP contribution in [0.2, 0.25) is 0 Å². The van der Waals surface area contributed by atoms with Crippen LogP contribution in [0.1, 0.15) is 45.1 Å². The number of rotatable bonds is 5. The van der Waals surface area contributed by atoms with E-state index in [0.717, 1.165) is 11.3 Å². The van der Waals surface area contributed by atoms with Crippen molar-refractivity contribution in [3.8, 4) is 11.5 Å². The Balaban J connectivity index is 1.85. The molecule has 1 fully saturated rings. The molecule has 2 aromatic carbocycles. The van der Waals surface area contributed by atoms with Crippen LogP contribution in [0.25, 0.3) is 0 Å². The zero-order valence-electron chi connectivity index (χ0n) is 19.8. The Morgan fingerprint density at radius 3 is 2.30 bits per heavy atom. The third-order valence-electron chi connectivity index (χ3n) is 6.44. The molecular weight excluding hydrogens is 416 g/mol. The van der Waals surface area contributed by atoms with Crippen LogP contribution in [-0.2, 0) is 9.59 Å². The number of benzene rings is 2. The molecule has 2 aliphatic rings. The van der Waals surface area contributed by atoms with Gasteiger partial charge in [-0.15, -0.1) is 0 Å². The predicted octanol–water partition coefficient (Wildman–Crippen LogP) is 5.16. The highest BCUT2D eigenvalue weighted by Gasteiger charge is 2.48. The highest BCUT2D eigenvalue weighted by molar-refractivity contribution is 6.14. The van der Waals surface area contributed by atoms with Crippen molar-refractivity contribution in [1.29, 1.82) is 0 Å². The molecule has 1 N–H and O–H groups in total. The molecule has 0 spiro atoms. The molecular formula is C27H30N2O4. The van der Waals surface area contributed by atoms with Gasteiger partial charge in [0.25, 0.3) is 5.91 Å².